The van der Waals surface area contributed by atoms with Crippen molar-refractivity contribution < 1.29 is 0 Å². The van der Waals surface area contributed by atoms with E-state index in [1.54, 1.807) is 0 Å². The topological polar surface area (TPSA) is 6.48 Å². The molecule has 0 radical (unpaired) electrons. The van der Waals surface area contributed by atoms with Crippen LogP contribution in [0.1, 0.15) is 33.4 Å². The number of rotatable bonds is 8. The molecule has 0 amide bonds. The van der Waals surface area contributed by atoms with E-state index in [1.807, 2.05) is 0 Å². The lowest BCUT2D eigenvalue weighted by molar-refractivity contribution is 0.793. The zero-order valence-electron chi connectivity index (χ0n) is 36.5. The molecule has 1 spiro atoms. The molecule has 65 heavy (non-hydrogen) atoms. The summed E-state index contributed by atoms with van der Waals surface area (Å²) in [7, 11) is 0. The molecule has 0 aromatic heterocycles. The largest absolute Gasteiger partial charge is 0.310 e. The summed E-state index contributed by atoms with van der Waals surface area (Å²) in [6.45, 7) is 4.31. The normalized spacial score (nSPS) is 12.6. The third-order valence-electron chi connectivity index (χ3n) is 13.6. The summed E-state index contributed by atoms with van der Waals surface area (Å²) in [6, 6.07) is 89.7. The zero-order chi connectivity index (χ0) is 43.5. The van der Waals surface area contributed by atoms with Gasteiger partial charge in [0.1, 0.15) is 0 Å². The van der Waals surface area contributed by atoms with Gasteiger partial charge < -0.3 is 9.80 Å². The molecule has 0 N–H and O–H groups in total. The number of nitrogens with zero attached hydrogens (tertiary/aromatic N) is 2. The van der Waals surface area contributed by atoms with Crippen LogP contribution in [0.3, 0.4) is 0 Å². The minimum Gasteiger partial charge on any atom is -0.310 e. The fourth-order valence-corrected chi connectivity index (χ4v) is 10.5. The molecule has 2 aliphatic carbocycles. The van der Waals surface area contributed by atoms with Crippen LogP contribution in [0.5, 0.6) is 0 Å². The lowest BCUT2D eigenvalue weighted by Crippen LogP contribution is -2.26. The molecule has 2 nitrogen and oxygen atoms in total. The molecule has 0 heterocycles. The van der Waals surface area contributed by atoms with Crippen LogP contribution in [-0.2, 0) is 5.41 Å². The van der Waals surface area contributed by atoms with Gasteiger partial charge in [0.2, 0.25) is 0 Å². The third-order valence-corrected chi connectivity index (χ3v) is 13.6. The molecule has 0 aliphatic heterocycles. The molecule has 0 atom stereocenters. The van der Waals surface area contributed by atoms with Crippen molar-refractivity contribution in [3.05, 3.63) is 276 Å². The lowest BCUT2D eigenvalue weighted by Gasteiger charge is -2.33. The van der Waals surface area contributed by atoms with E-state index in [0.717, 1.165) is 34.1 Å². The fourth-order valence-electron chi connectivity index (χ4n) is 10.5. The summed E-state index contributed by atoms with van der Waals surface area (Å²) in [5.74, 6) is 0. The maximum absolute atomic E-state index is 2.49. The summed E-state index contributed by atoms with van der Waals surface area (Å²) >= 11 is 0. The molecule has 2 aliphatic rings. The van der Waals surface area contributed by atoms with Gasteiger partial charge in [-0.2, -0.15) is 0 Å². The number of fused-ring (bicyclic) bond motifs is 10. The predicted octanol–water partition coefficient (Wildman–Crippen LogP) is 16.9. The highest BCUT2D eigenvalue weighted by Gasteiger charge is 2.52. The second-order valence-corrected chi connectivity index (χ2v) is 17.5. The van der Waals surface area contributed by atoms with Gasteiger partial charge in [0.05, 0.1) is 5.41 Å². The summed E-state index contributed by atoms with van der Waals surface area (Å²) in [5.41, 5.74) is 23.8. The molecular weight excluding hydrogens is 785 g/mol. The van der Waals surface area contributed by atoms with Gasteiger partial charge >= 0.3 is 0 Å². The molecule has 0 bridgehead atoms. The van der Waals surface area contributed by atoms with Gasteiger partial charge in [-0.1, -0.05) is 181 Å². The van der Waals surface area contributed by atoms with Crippen molar-refractivity contribution in [3.8, 4) is 44.5 Å². The number of aryl methyl sites for hydroxylation is 2. The summed E-state index contributed by atoms with van der Waals surface area (Å²) in [5, 5.41) is 0. The first kappa shape index (κ1) is 38.5. The minimum absolute atomic E-state index is 0.559. The molecule has 0 unspecified atom stereocenters. The Kier molecular flexibility index (Phi) is 9.21. The summed E-state index contributed by atoms with van der Waals surface area (Å²) in [4.78, 5) is 4.84. The van der Waals surface area contributed by atoms with Crippen LogP contribution in [0.15, 0.2) is 243 Å². The Morgan fingerprint density at radius 2 is 0.538 bits per heavy atom. The van der Waals surface area contributed by atoms with E-state index in [-0.39, 0.29) is 0 Å². The second-order valence-electron chi connectivity index (χ2n) is 17.5. The van der Waals surface area contributed by atoms with Crippen LogP contribution < -0.4 is 9.80 Å². The first-order valence-electron chi connectivity index (χ1n) is 22.6. The maximum Gasteiger partial charge on any atom is 0.0727 e. The molecule has 2 heteroatoms. The van der Waals surface area contributed by atoms with Crippen molar-refractivity contribution in [1.29, 1.82) is 0 Å². The quantitative estimate of drug-likeness (QED) is 0.151. The zero-order valence-corrected chi connectivity index (χ0v) is 36.5. The SMILES string of the molecule is Cc1ccc(N(c2ccc(-c3ccccc3)cc2)c2ccc3c(c2)C2(c4ccccc4-c4ccccc42)c2cc(N(c4ccc(C)cc4)c4ccc(-c5ccccc5)cc4)ccc2-3)cc1. The maximum atomic E-state index is 2.49. The molecule has 0 saturated heterocycles. The van der Waals surface area contributed by atoms with E-state index in [4.69, 9.17) is 0 Å². The van der Waals surface area contributed by atoms with E-state index >= 15 is 0 Å². The minimum atomic E-state index is -0.559. The Hall–Kier alpha value is -8.20. The molecule has 0 saturated carbocycles. The highest BCUT2D eigenvalue weighted by molar-refractivity contribution is 5.97. The van der Waals surface area contributed by atoms with Crippen molar-refractivity contribution in [2.24, 2.45) is 0 Å². The number of anilines is 6. The molecule has 308 valence electrons. The average Bonchev–Trinajstić information content (AvgIpc) is 3.83. The summed E-state index contributed by atoms with van der Waals surface area (Å²) in [6.07, 6.45) is 0. The van der Waals surface area contributed by atoms with E-state index < -0.39 is 5.41 Å². The highest BCUT2D eigenvalue weighted by Crippen LogP contribution is 2.64. The van der Waals surface area contributed by atoms with Crippen LogP contribution in [-0.4, -0.2) is 0 Å². The van der Waals surface area contributed by atoms with E-state index in [9.17, 15) is 0 Å². The monoisotopic (exact) mass is 830 g/mol. The average molecular weight is 831 g/mol. The van der Waals surface area contributed by atoms with Crippen molar-refractivity contribution in [2.45, 2.75) is 19.3 Å². The predicted molar refractivity (Wildman–Crippen MR) is 272 cm³/mol. The van der Waals surface area contributed by atoms with Crippen molar-refractivity contribution >= 4 is 34.1 Å². The van der Waals surface area contributed by atoms with Gasteiger partial charge in [0, 0.05) is 34.1 Å². The smallest absolute Gasteiger partial charge is 0.0727 e. The van der Waals surface area contributed by atoms with Gasteiger partial charge in [-0.15, -0.1) is 0 Å². The van der Waals surface area contributed by atoms with Crippen molar-refractivity contribution in [1.82, 2.24) is 0 Å². The fraction of sp³-hybridized carbons (Fsp3) is 0.0476. The summed E-state index contributed by atoms with van der Waals surface area (Å²) < 4.78 is 0. The molecule has 10 aromatic rings. The molecule has 10 aromatic carbocycles. The van der Waals surface area contributed by atoms with Gasteiger partial charge in [-0.25, -0.2) is 0 Å². The number of hydrogen-bond acceptors (Lipinski definition) is 2. The van der Waals surface area contributed by atoms with Crippen LogP contribution in [0.25, 0.3) is 44.5 Å². The van der Waals surface area contributed by atoms with Gasteiger partial charge in [0.25, 0.3) is 0 Å². The Balaban J connectivity index is 1.06. The van der Waals surface area contributed by atoms with E-state index in [2.05, 4.69) is 266 Å². The highest BCUT2D eigenvalue weighted by atomic mass is 15.1. The standard InChI is InChI=1S/C63H46N2/c1-43-21-29-49(30-22-43)64(51-33-25-47(26-34-51)45-13-5-3-6-14-45)53-37-39-57-58-40-38-54(42-62(58)63(61(57)41-53)59-19-11-9-17-55(59)56-18-10-12-20-60(56)63)65(50-31-23-44(2)24-32-50)52-35-27-48(28-36-52)46-15-7-4-8-16-46/h3-42H,1-2H3. The molecule has 0 fully saturated rings. The first-order chi connectivity index (χ1) is 32.0. The van der Waals surface area contributed by atoms with Crippen LogP contribution in [0.4, 0.5) is 34.1 Å². The van der Waals surface area contributed by atoms with Gasteiger partial charge in [-0.05, 0) is 153 Å². The first-order valence-corrected chi connectivity index (χ1v) is 22.6. The van der Waals surface area contributed by atoms with Gasteiger partial charge in [0.15, 0.2) is 0 Å². The number of hydrogen-bond donors (Lipinski definition) is 0. The van der Waals surface area contributed by atoms with Crippen molar-refractivity contribution in [3.63, 3.8) is 0 Å². The van der Waals surface area contributed by atoms with Crippen LogP contribution in [0, 0.1) is 13.8 Å². The third kappa shape index (κ3) is 6.32. The number of benzene rings is 10. The van der Waals surface area contributed by atoms with Crippen LogP contribution in [0.2, 0.25) is 0 Å². The Morgan fingerprint density at radius 3 is 0.923 bits per heavy atom. The van der Waals surface area contributed by atoms with Crippen molar-refractivity contribution in [2.75, 3.05) is 9.80 Å². The van der Waals surface area contributed by atoms with E-state index in [1.165, 1.54) is 77.9 Å². The Morgan fingerprint density at radius 1 is 0.246 bits per heavy atom. The van der Waals surface area contributed by atoms with Gasteiger partial charge in [-0.3, -0.25) is 0 Å². The Bertz CT molecular complexity index is 3120. The molecular formula is C63H46N2. The second kappa shape index (κ2) is 15.6. The molecule has 12 rings (SSSR count). The Labute approximate surface area is 382 Å². The van der Waals surface area contributed by atoms with Crippen LogP contribution >= 0.6 is 0 Å². The van der Waals surface area contributed by atoms with E-state index in [0.29, 0.717) is 0 Å². The lowest BCUT2D eigenvalue weighted by atomic mass is 9.70.